The van der Waals surface area contributed by atoms with E-state index in [9.17, 15) is 4.79 Å². The molecular weight excluding hydrogens is 202 g/mol. The standard InChI is InChI=1S/C7H7N5OS/c8-4(13)2-14-5-1-9-6-7(12-5)11-3-10-6/h1,3H,2H2,(H2,8,13)(H,9,10,11,12). The van der Waals surface area contributed by atoms with Gasteiger partial charge in [0.25, 0.3) is 0 Å². The van der Waals surface area contributed by atoms with Gasteiger partial charge in [-0.05, 0) is 0 Å². The molecule has 0 radical (unpaired) electrons. The number of primary amides is 1. The lowest BCUT2D eigenvalue weighted by molar-refractivity contribution is -0.115. The highest BCUT2D eigenvalue weighted by molar-refractivity contribution is 7.99. The van der Waals surface area contributed by atoms with Crippen molar-refractivity contribution in [3.05, 3.63) is 12.5 Å². The highest BCUT2D eigenvalue weighted by atomic mass is 32.2. The van der Waals surface area contributed by atoms with Gasteiger partial charge in [0.05, 0.1) is 18.3 Å². The largest absolute Gasteiger partial charge is 0.369 e. The third-order valence-corrected chi connectivity index (χ3v) is 2.40. The van der Waals surface area contributed by atoms with Gasteiger partial charge in [-0.3, -0.25) is 4.79 Å². The van der Waals surface area contributed by atoms with Crippen LogP contribution in [0.25, 0.3) is 11.3 Å². The molecule has 6 nitrogen and oxygen atoms in total. The summed E-state index contributed by atoms with van der Waals surface area (Å²) in [5, 5.41) is 0.653. The number of aromatic nitrogens is 4. The minimum Gasteiger partial charge on any atom is -0.369 e. The molecule has 0 fully saturated rings. The topological polar surface area (TPSA) is 97.5 Å². The zero-order valence-electron chi connectivity index (χ0n) is 7.10. The van der Waals surface area contributed by atoms with Gasteiger partial charge in [-0.1, -0.05) is 11.8 Å². The van der Waals surface area contributed by atoms with E-state index in [4.69, 9.17) is 5.73 Å². The summed E-state index contributed by atoms with van der Waals surface area (Å²) in [4.78, 5) is 25.5. The molecule has 14 heavy (non-hydrogen) atoms. The number of carbonyl (C=O) groups is 1. The lowest BCUT2D eigenvalue weighted by atomic mass is 10.7. The molecule has 3 N–H and O–H groups in total. The van der Waals surface area contributed by atoms with E-state index in [1.807, 2.05) is 0 Å². The van der Waals surface area contributed by atoms with Crippen molar-refractivity contribution in [1.29, 1.82) is 0 Å². The van der Waals surface area contributed by atoms with Crippen molar-refractivity contribution in [2.75, 3.05) is 5.75 Å². The number of nitrogens with zero attached hydrogens (tertiary/aromatic N) is 3. The molecule has 2 rings (SSSR count). The van der Waals surface area contributed by atoms with Crippen LogP contribution in [0, 0.1) is 0 Å². The molecule has 7 heteroatoms. The van der Waals surface area contributed by atoms with E-state index in [0.717, 1.165) is 0 Å². The van der Waals surface area contributed by atoms with Crippen molar-refractivity contribution < 1.29 is 4.79 Å². The van der Waals surface area contributed by atoms with Crippen molar-refractivity contribution in [3.63, 3.8) is 0 Å². The normalized spacial score (nSPS) is 10.6. The molecule has 0 spiro atoms. The Hall–Kier alpha value is -1.63. The summed E-state index contributed by atoms with van der Waals surface area (Å²) in [7, 11) is 0. The van der Waals surface area contributed by atoms with E-state index in [1.165, 1.54) is 18.1 Å². The maximum absolute atomic E-state index is 10.5. The highest BCUT2D eigenvalue weighted by Gasteiger charge is 2.03. The van der Waals surface area contributed by atoms with Crippen LogP contribution in [0.1, 0.15) is 0 Å². The van der Waals surface area contributed by atoms with Crippen LogP contribution < -0.4 is 5.73 Å². The van der Waals surface area contributed by atoms with Crippen LogP contribution in [0.2, 0.25) is 0 Å². The predicted molar refractivity (Wildman–Crippen MR) is 51.6 cm³/mol. The lowest BCUT2D eigenvalue weighted by Gasteiger charge is -1.96. The van der Waals surface area contributed by atoms with Crippen molar-refractivity contribution in [1.82, 2.24) is 19.9 Å². The van der Waals surface area contributed by atoms with E-state index in [1.54, 1.807) is 6.20 Å². The van der Waals surface area contributed by atoms with Crippen LogP contribution in [0.3, 0.4) is 0 Å². The van der Waals surface area contributed by atoms with Crippen molar-refractivity contribution >= 4 is 29.0 Å². The molecule has 2 aromatic rings. The number of thioether (sulfide) groups is 1. The number of hydrogen-bond acceptors (Lipinski definition) is 5. The number of nitrogens with one attached hydrogen (secondary N) is 1. The number of fused-ring (bicyclic) bond motifs is 1. The number of H-pyrrole nitrogens is 1. The molecule has 0 saturated heterocycles. The van der Waals surface area contributed by atoms with Crippen LogP contribution in [0.15, 0.2) is 17.6 Å². The van der Waals surface area contributed by atoms with Crippen molar-refractivity contribution in [2.24, 2.45) is 5.73 Å². The van der Waals surface area contributed by atoms with Gasteiger partial charge in [0.1, 0.15) is 5.03 Å². The molecule has 0 bridgehead atoms. The van der Waals surface area contributed by atoms with Gasteiger partial charge in [-0.25, -0.2) is 15.0 Å². The van der Waals surface area contributed by atoms with E-state index < -0.39 is 0 Å². The van der Waals surface area contributed by atoms with Gasteiger partial charge in [-0.15, -0.1) is 0 Å². The smallest absolute Gasteiger partial charge is 0.227 e. The Morgan fingerprint density at radius 1 is 1.57 bits per heavy atom. The Morgan fingerprint density at radius 3 is 3.21 bits per heavy atom. The molecule has 0 aliphatic carbocycles. The Bertz CT molecular complexity index is 468. The number of carbonyl (C=O) groups excluding carboxylic acids is 1. The average molecular weight is 209 g/mol. The molecule has 0 aromatic carbocycles. The molecule has 0 aliphatic rings. The first kappa shape index (κ1) is 8.95. The SMILES string of the molecule is NC(=O)CSc1cnc2nc[nH]c2n1. The molecule has 0 unspecified atom stereocenters. The van der Waals surface area contributed by atoms with Crippen LogP contribution in [0.4, 0.5) is 0 Å². The Kier molecular flexibility index (Phi) is 2.32. The highest BCUT2D eigenvalue weighted by Crippen LogP contribution is 2.15. The summed E-state index contributed by atoms with van der Waals surface area (Å²) in [6, 6.07) is 0. The van der Waals surface area contributed by atoms with Crippen LogP contribution >= 0.6 is 11.8 Å². The monoisotopic (exact) mass is 209 g/mol. The molecule has 1 amide bonds. The molecule has 72 valence electrons. The summed E-state index contributed by atoms with van der Waals surface area (Å²) in [6.45, 7) is 0. The minimum absolute atomic E-state index is 0.203. The Balaban J connectivity index is 2.21. The number of imidazole rings is 1. The summed E-state index contributed by atoms with van der Waals surface area (Å²) in [5.74, 6) is -0.171. The van der Waals surface area contributed by atoms with E-state index in [0.29, 0.717) is 16.3 Å². The Morgan fingerprint density at radius 2 is 2.43 bits per heavy atom. The van der Waals surface area contributed by atoms with Crippen LogP contribution in [0.5, 0.6) is 0 Å². The summed E-state index contributed by atoms with van der Waals surface area (Å²) in [5.41, 5.74) is 6.18. The number of amides is 1. The van der Waals surface area contributed by atoms with Crippen LogP contribution in [-0.2, 0) is 4.79 Å². The van der Waals surface area contributed by atoms with E-state index in [2.05, 4.69) is 19.9 Å². The second-order valence-electron chi connectivity index (χ2n) is 2.54. The first-order valence-corrected chi connectivity index (χ1v) is 4.81. The zero-order chi connectivity index (χ0) is 9.97. The summed E-state index contributed by atoms with van der Waals surface area (Å²) < 4.78 is 0. The zero-order valence-corrected chi connectivity index (χ0v) is 7.91. The third-order valence-electron chi connectivity index (χ3n) is 1.48. The van der Waals surface area contributed by atoms with E-state index in [-0.39, 0.29) is 11.7 Å². The third kappa shape index (κ3) is 1.82. The first-order valence-electron chi connectivity index (χ1n) is 3.83. The first-order chi connectivity index (χ1) is 6.75. The number of aromatic amines is 1. The van der Waals surface area contributed by atoms with Gasteiger partial charge in [-0.2, -0.15) is 0 Å². The van der Waals surface area contributed by atoms with Gasteiger partial charge in [0.2, 0.25) is 5.91 Å². The molecule has 2 aromatic heterocycles. The fourth-order valence-electron chi connectivity index (χ4n) is 0.927. The number of hydrogen-bond donors (Lipinski definition) is 2. The molecule has 0 aliphatic heterocycles. The second-order valence-corrected chi connectivity index (χ2v) is 3.53. The number of nitrogens with two attached hydrogens (primary N) is 1. The summed E-state index contributed by atoms with van der Waals surface area (Å²) >= 11 is 1.25. The van der Waals surface area contributed by atoms with Gasteiger partial charge in [0.15, 0.2) is 11.3 Å². The molecule has 0 atom stereocenters. The fourth-order valence-corrected chi connectivity index (χ4v) is 1.50. The predicted octanol–water partition coefficient (Wildman–Crippen LogP) is -0.0697. The maximum atomic E-state index is 10.5. The van der Waals surface area contributed by atoms with Gasteiger partial charge in [0, 0.05) is 0 Å². The lowest BCUT2D eigenvalue weighted by Crippen LogP contribution is -2.13. The maximum Gasteiger partial charge on any atom is 0.227 e. The van der Waals surface area contributed by atoms with Crippen molar-refractivity contribution in [3.8, 4) is 0 Å². The molecule has 2 heterocycles. The van der Waals surface area contributed by atoms with Crippen molar-refractivity contribution in [2.45, 2.75) is 5.03 Å². The minimum atomic E-state index is -0.374. The summed E-state index contributed by atoms with van der Waals surface area (Å²) in [6.07, 6.45) is 3.09. The number of rotatable bonds is 3. The quantitative estimate of drug-likeness (QED) is 0.689. The molecule has 0 saturated carbocycles. The van der Waals surface area contributed by atoms with Gasteiger partial charge >= 0.3 is 0 Å². The van der Waals surface area contributed by atoms with E-state index >= 15 is 0 Å². The van der Waals surface area contributed by atoms with Crippen LogP contribution in [-0.4, -0.2) is 31.6 Å². The fraction of sp³-hybridized carbons (Fsp3) is 0.143. The average Bonchev–Trinajstić information content (AvgIpc) is 2.61. The second kappa shape index (κ2) is 3.62. The Labute approximate surface area is 83.3 Å². The molecular formula is C7H7N5OS. The van der Waals surface area contributed by atoms with Gasteiger partial charge < -0.3 is 10.7 Å².